The van der Waals surface area contributed by atoms with Crippen molar-refractivity contribution in [3.8, 4) is 11.5 Å². The quantitative estimate of drug-likeness (QED) is 0.185. The Bertz CT molecular complexity index is 1780. The van der Waals surface area contributed by atoms with E-state index < -0.39 is 35.5 Å². The molecule has 7 rings (SSSR count). The van der Waals surface area contributed by atoms with E-state index in [9.17, 15) is 24.3 Å². The Morgan fingerprint density at radius 3 is 1.89 bits per heavy atom. The second-order valence-corrected chi connectivity index (χ2v) is 15.0. The predicted molar refractivity (Wildman–Crippen MR) is 183 cm³/mol. The van der Waals surface area contributed by atoms with Gasteiger partial charge in [0.25, 0.3) is 0 Å². The van der Waals surface area contributed by atoms with E-state index in [1.165, 1.54) is 16.9 Å². The highest BCUT2D eigenvalue weighted by molar-refractivity contribution is 14.1. The highest BCUT2D eigenvalue weighted by Gasteiger charge is 2.62. The van der Waals surface area contributed by atoms with Gasteiger partial charge in [-0.3, -0.25) is 29.0 Å². The maximum Gasteiger partial charge on any atom is 0.238 e. The van der Waals surface area contributed by atoms with E-state index in [0.717, 1.165) is 12.7 Å². The highest BCUT2D eigenvalue weighted by Crippen LogP contribution is 2.60. The van der Waals surface area contributed by atoms with Crippen LogP contribution in [0.2, 0.25) is 0 Å². The van der Waals surface area contributed by atoms with Crippen LogP contribution < -0.4 is 14.5 Å². The first-order valence-electron chi connectivity index (χ1n) is 14.1. The molecule has 1 N–H and O–H groups in total. The van der Waals surface area contributed by atoms with Gasteiger partial charge in [-0.05, 0) is 125 Å². The fourth-order valence-electron chi connectivity index (χ4n) is 7.61. The average Bonchev–Trinajstić information content (AvgIpc) is 3.42. The molecular weight excluding hydrogens is 854 g/mol. The van der Waals surface area contributed by atoms with Gasteiger partial charge >= 0.3 is 0 Å². The largest absolute Gasteiger partial charge is 0.504 e. The number of imide groups is 2. The maximum absolute atomic E-state index is 14.3. The number of halogens is 3. The fourth-order valence-corrected chi connectivity index (χ4v) is 8.79. The van der Waals surface area contributed by atoms with E-state index in [4.69, 9.17) is 4.74 Å². The van der Waals surface area contributed by atoms with Crippen LogP contribution in [0, 0.1) is 36.7 Å². The maximum atomic E-state index is 14.3. The molecule has 2 heterocycles. The number of benzene rings is 3. The molecule has 11 heteroatoms. The summed E-state index contributed by atoms with van der Waals surface area (Å²) in [5, 5.41) is 11.4. The van der Waals surface area contributed by atoms with Crippen molar-refractivity contribution in [1.82, 2.24) is 0 Å². The van der Waals surface area contributed by atoms with Crippen LogP contribution in [-0.4, -0.2) is 35.8 Å². The Hall–Kier alpha value is -2.78. The van der Waals surface area contributed by atoms with Gasteiger partial charge in [0.2, 0.25) is 23.6 Å². The number of anilines is 2. The van der Waals surface area contributed by atoms with Gasteiger partial charge in [0, 0.05) is 23.1 Å². The van der Waals surface area contributed by atoms with Gasteiger partial charge in [-0.2, -0.15) is 0 Å². The lowest BCUT2D eigenvalue weighted by Crippen LogP contribution is -2.43. The van der Waals surface area contributed by atoms with Crippen molar-refractivity contribution in [3.63, 3.8) is 0 Å². The molecule has 4 aliphatic rings. The number of amides is 4. The molecule has 2 saturated heterocycles. The third kappa shape index (κ3) is 4.55. The Kier molecular flexibility index (Phi) is 7.63. The van der Waals surface area contributed by atoms with Gasteiger partial charge in [-0.25, -0.2) is 0 Å². The third-order valence-corrected chi connectivity index (χ3v) is 11.3. The van der Waals surface area contributed by atoms with Crippen molar-refractivity contribution in [3.05, 3.63) is 89.5 Å². The monoisotopic (exact) mass is 878 g/mol. The van der Waals surface area contributed by atoms with Crippen LogP contribution in [-0.2, 0) is 19.2 Å². The van der Waals surface area contributed by atoms with Crippen molar-refractivity contribution >= 4 is 96.1 Å². The van der Waals surface area contributed by atoms with Crippen molar-refractivity contribution < 1.29 is 29.0 Å². The van der Waals surface area contributed by atoms with E-state index in [-0.39, 0.29) is 41.5 Å². The second kappa shape index (κ2) is 11.2. The molecule has 0 spiro atoms. The summed E-state index contributed by atoms with van der Waals surface area (Å²) in [5.41, 5.74) is 2.25. The fraction of sp³-hybridized carbons (Fsp3) is 0.273. The number of carbonyl (C=O) groups excluding carboxylic acids is 4. The third-order valence-electron chi connectivity index (χ3n) is 9.44. The Labute approximate surface area is 289 Å². The molecule has 8 nitrogen and oxygen atoms in total. The molecule has 3 fully saturated rings. The van der Waals surface area contributed by atoms with Crippen LogP contribution in [0.15, 0.2) is 76.8 Å². The molecule has 2 aliphatic carbocycles. The van der Waals surface area contributed by atoms with Gasteiger partial charge in [0.15, 0.2) is 11.5 Å². The number of rotatable bonds is 4. The zero-order chi connectivity index (χ0) is 31.0. The number of nitrogens with zero attached hydrogens (tertiary/aromatic N) is 2. The molecule has 3 aromatic carbocycles. The molecule has 4 amide bonds. The molecule has 44 heavy (non-hydrogen) atoms. The molecule has 224 valence electrons. The summed E-state index contributed by atoms with van der Waals surface area (Å²) in [4.78, 5) is 58.8. The number of hydrogen-bond donors (Lipinski definition) is 1. The lowest BCUT2D eigenvalue weighted by molar-refractivity contribution is -0.126. The second-order valence-electron chi connectivity index (χ2n) is 11.5. The number of hydrogen-bond acceptors (Lipinski definition) is 6. The Balaban J connectivity index is 1.37. The number of aromatic hydroxyl groups is 1. The van der Waals surface area contributed by atoms with Crippen LogP contribution in [0.4, 0.5) is 11.4 Å². The first-order chi connectivity index (χ1) is 21.1. The van der Waals surface area contributed by atoms with E-state index in [1.54, 1.807) is 36.4 Å². The van der Waals surface area contributed by atoms with Crippen LogP contribution in [0.25, 0.3) is 0 Å². The SMILES string of the molecule is COc1cc(Br)cc([C@H]2C3=CC[C@@H]4C(=O)N(c5ccc(I)cc5)C(=O)[C@@H]4[C@@H]3C[C@H]3C(=O)N(c4ccc(I)cc4)C(=O)[C@@H]23)c1O. The summed E-state index contributed by atoms with van der Waals surface area (Å²) in [7, 11) is 1.45. The number of phenolic OH excluding ortho intramolecular Hbond substituents is 1. The first-order valence-corrected chi connectivity index (χ1v) is 17.1. The average molecular weight is 879 g/mol. The molecule has 0 aromatic heterocycles. The smallest absolute Gasteiger partial charge is 0.238 e. The molecule has 0 radical (unpaired) electrons. The standard InChI is InChI=1S/C33H25BrI2N2O6/c1-44-25-13-15(34)12-23(29(25)39)26-20-10-11-21-27(32(42)37(30(21)40)18-6-2-16(35)3-7-18)22(20)14-24-28(26)33(43)38(31(24)41)19-8-4-17(36)5-9-19/h2-10,12-13,21-22,24,26-28,39H,11,14H2,1H3/t21-,22+,24+,26+,27-,28+/m0/s1. The van der Waals surface area contributed by atoms with Crippen LogP contribution in [0.1, 0.15) is 24.3 Å². The van der Waals surface area contributed by atoms with Crippen molar-refractivity contribution in [2.45, 2.75) is 18.8 Å². The Morgan fingerprint density at radius 2 is 1.32 bits per heavy atom. The number of ether oxygens (including phenoxy) is 1. The van der Waals surface area contributed by atoms with E-state index >= 15 is 0 Å². The van der Waals surface area contributed by atoms with Gasteiger partial charge < -0.3 is 9.84 Å². The normalized spacial score (nSPS) is 27.7. The minimum atomic E-state index is -0.801. The number of carbonyl (C=O) groups is 4. The van der Waals surface area contributed by atoms with Crippen LogP contribution in [0.3, 0.4) is 0 Å². The summed E-state index contributed by atoms with van der Waals surface area (Å²) < 4.78 is 8.05. The van der Waals surface area contributed by atoms with Gasteiger partial charge in [-0.1, -0.05) is 27.6 Å². The van der Waals surface area contributed by atoms with Crippen molar-refractivity contribution in [1.29, 1.82) is 0 Å². The lowest BCUT2D eigenvalue weighted by Gasteiger charge is -2.44. The summed E-state index contributed by atoms with van der Waals surface area (Å²) in [5.74, 6) is -5.09. The molecular formula is C33H25BrI2N2O6. The predicted octanol–water partition coefficient (Wildman–Crippen LogP) is 6.42. The first kappa shape index (κ1) is 29.9. The summed E-state index contributed by atoms with van der Waals surface area (Å²) >= 11 is 7.87. The minimum Gasteiger partial charge on any atom is -0.504 e. The van der Waals surface area contributed by atoms with Crippen molar-refractivity contribution in [2.24, 2.45) is 29.6 Å². The highest BCUT2D eigenvalue weighted by atomic mass is 127. The van der Waals surface area contributed by atoms with Crippen molar-refractivity contribution in [2.75, 3.05) is 16.9 Å². The molecule has 6 atom stereocenters. The van der Waals surface area contributed by atoms with Gasteiger partial charge in [-0.15, -0.1) is 0 Å². The minimum absolute atomic E-state index is 0.120. The Morgan fingerprint density at radius 1 is 0.773 bits per heavy atom. The van der Waals surface area contributed by atoms with E-state index in [2.05, 4.69) is 61.1 Å². The van der Waals surface area contributed by atoms with Crippen LogP contribution in [0.5, 0.6) is 11.5 Å². The van der Waals surface area contributed by atoms with E-state index in [0.29, 0.717) is 27.8 Å². The summed E-state index contributed by atoms with van der Waals surface area (Å²) in [6, 6.07) is 17.8. The van der Waals surface area contributed by atoms with Gasteiger partial charge in [0.05, 0.1) is 42.2 Å². The molecule has 2 aliphatic heterocycles. The lowest BCUT2D eigenvalue weighted by atomic mass is 9.57. The van der Waals surface area contributed by atoms with E-state index in [1.807, 2.05) is 30.3 Å². The molecule has 0 unspecified atom stereocenters. The number of phenols is 1. The molecule has 1 saturated carbocycles. The van der Waals surface area contributed by atoms with Crippen LogP contribution >= 0.6 is 61.1 Å². The topological polar surface area (TPSA) is 104 Å². The summed E-state index contributed by atoms with van der Waals surface area (Å²) in [6.07, 6.45) is 2.54. The van der Waals surface area contributed by atoms with Gasteiger partial charge in [0.1, 0.15) is 0 Å². The number of methoxy groups -OCH3 is 1. The molecule has 0 bridgehead atoms. The summed E-state index contributed by atoms with van der Waals surface area (Å²) in [6.45, 7) is 0. The molecule has 3 aromatic rings. The zero-order valence-electron chi connectivity index (χ0n) is 23.2. The zero-order valence-corrected chi connectivity index (χ0v) is 29.1. The number of allylic oxidation sites excluding steroid dienone is 2. The number of fused-ring (bicyclic) bond motifs is 4.